The standard InChI is InChI=1S/C2H6NO.HI.Mn/c1-2-3-4;;/h3-4H,1-2H2;1H;/q-1;;+2/p-1. The van der Waals surface area contributed by atoms with Crippen LogP contribution < -0.4 is 5.48 Å². The second kappa shape index (κ2) is 16.4. The first-order valence-corrected chi connectivity index (χ1v) is 5.03. The molecular formula is C2H6IMnNO. The van der Waals surface area contributed by atoms with Crippen molar-refractivity contribution in [1.29, 1.82) is 0 Å². The molecule has 0 rings (SSSR count). The summed E-state index contributed by atoms with van der Waals surface area (Å²) in [6, 6.07) is 0. The maximum atomic E-state index is 7.56. The van der Waals surface area contributed by atoms with Gasteiger partial charge in [-0.3, -0.25) is 0 Å². The van der Waals surface area contributed by atoms with Gasteiger partial charge in [-0.05, 0) is 0 Å². The van der Waals surface area contributed by atoms with Crippen LogP contribution in [0.5, 0.6) is 0 Å². The Labute approximate surface area is 57.2 Å². The Balaban J connectivity index is 0. The Kier molecular flexibility index (Phi) is 27.9. The van der Waals surface area contributed by atoms with E-state index in [0.717, 1.165) is 0 Å². The van der Waals surface area contributed by atoms with E-state index >= 15 is 0 Å². The van der Waals surface area contributed by atoms with Gasteiger partial charge < -0.3 is 12.1 Å². The molecule has 0 saturated carbocycles. The minimum atomic E-state index is 0.375. The third-order valence-corrected chi connectivity index (χ3v) is 0.112. The number of halogens is 1. The molecule has 0 atom stereocenters. The molecule has 0 aromatic heterocycles. The van der Waals surface area contributed by atoms with Gasteiger partial charge in [0.1, 0.15) is 0 Å². The molecule has 2 N–H and O–H groups in total. The van der Waals surface area contributed by atoms with E-state index < -0.39 is 0 Å². The van der Waals surface area contributed by atoms with Crippen LogP contribution in [0.25, 0.3) is 0 Å². The van der Waals surface area contributed by atoms with Crippen LogP contribution in [0.1, 0.15) is 0 Å². The maximum absolute atomic E-state index is 7.56. The average molecular weight is 242 g/mol. The molecule has 0 amide bonds. The van der Waals surface area contributed by atoms with E-state index in [0.29, 0.717) is 6.54 Å². The zero-order valence-electron chi connectivity index (χ0n) is 3.12. The SMILES string of the molecule is [CH2-]CNO.[Mn+][I]. The first kappa shape index (κ1) is 10.2. The van der Waals surface area contributed by atoms with Crippen molar-refractivity contribution in [2.45, 2.75) is 0 Å². The molecule has 0 aromatic carbocycles. The van der Waals surface area contributed by atoms with Crippen molar-refractivity contribution in [1.82, 2.24) is 5.48 Å². The van der Waals surface area contributed by atoms with Gasteiger partial charge in [0.05, 0.1) is 0 Å². The average Bonchev–Trinajstić information content (AvgIpc) is 1.72. The Morgan fingerprint density at radius 2 is 2.00 bits per heavy atom. The van der Waals surface area contributed by atoms with Gasteiger partial charge >= 0.3 is 33.1 Å². The fourth-order valence-corrected chi connectivity index (χ4v) is 0. The molecule has 0 aliphatic rings. The minimum absolute atomic E-state index is 0.375. The fraction of sp³-hybridized carbons (Fsp3) is 0.500. The molecule has 0 aliphatic carbocycles. The molecular weight excluding hydrogens is 236 g/mol. The molecule has 0 bridgehead atoms. The van der Waals surface area contributed by atoms with Crippen LogP contribution in [0.2, 0.25) is 0 Å². The van der Waals surface area contributed by atoms with Crippen molar-refractivity contribution in [3.05, 3.63) is 6.92 Å². The molecule has 0 saturated heterocycles. The van der Waals surface area contributed by atoms with Crippen LogP contribution in [0, 0.1) is 6.92 Å². The Morgan fingerprint density at radius 1 is 1.83 bits per heavy atom. The zero-order chi connectivity index (χ0) is 5.41. The summed E-state index contributed by atoms with van der Waals surface area (Å²) in [7, 11) is 0. The summed E-state index contributed by atoms with van der Waals surface area (Å²) in [5.41, 5.74) is 1.82. The first-order chi connectivity index (χ1) is 2.91. The fourth-order valence-electron chi connectivity index (χ4n) is 0. The first-order valence-electron chi connectivity index (χ1n) is 1.22. The Bertz CT molecular complexity index is 15.5. The van der Waals surface area contributed by atoms with Crippen LogP contribution in [0.15, 0.2) is 0 Å². The normalized spacial score (nSPS) is 5.83. The number of hydrogen-bond donors (Lipinski definition) is 2. The van der Waals surface area contributed by atoms with Crippen molar-refractivity contribution in [2.24, 2.45) is 0 Å². The van der Waals surface area contributed by atoms with E-state index in [4.69, 9.17) is 5.21 Å². The quantitative estimate of drug-likeness (QED) is 0.306. The van der Waals surface area contributed by atoms with Crippen LogP contribution >= 0.6 is 20.3 Å². The van der Waals surface area contributed by atoms with Crippen molar-refractivity contribution < 1.29 is 18.0 Å². The predicted molar refractivity (Wildman–Crippen MR) is 29.2 cm³/mol. The summed E-state index contributed by atoms with van der Waals surface area (Å²) in [5, 5.41) is 7.56. The third kappa shape index (κ3) is 19.1. The Hall–Kier alpha value is 1.17. The predicted octanol–water partition coefficient (Wildman–Crippen LogP) is 0.682. The van der Waals surface area contributed by atoms with Crippen LogP contribution in [0.4, 0.5) is 0 Å². The molecule has 0 aromatic rings. The molecule has 39 valence electrons. The third-order valence-electron chi connectivity index (χ3n) is 0.112. The van der Waals surface area contributed by atoms with E-state index in [-0.39, 0.29) is 0 Å². The summed E-state index contributed by atoms with van der Waals surface area (Å²) >= 11 is 4.87. The van der Waals surface area contributed by atoms with Crippen LogP contribution in [-0.2, 0) is 12.8 Å². The van der Waals surface area contributed by atoms with Crippen LogP contribution in [-0.4, -0.2) is 11.8 Å². The van der Waals surface area contributed by atoms with Gasteiger partial charge in [0.25, 0.3) is 0 Å². The van der Waals surface area contributed by atoms with Gasteiger partial charge in [-0.15, -0.1) is 6.54 Å². The summed E-state index contributed by atoms with van der Waals surface area (Å²) in [4.78, 5) is 0. The molecule has 6 heavy (non-hydrogen) atoms. The van der Waals surface area contributed by atoms with E-state index in [1.807, 2.05) is 25.8 Å². The molecule has 4 heteroatoms. The van der Waals surface area contributed by atoms with Gasteiger partial charge in [0, 0.05) is 0 Å². The van der Waals surface area contributed by atoms with Crippen molar-refractivity contribution >= 4 is 20.3 Å². The Morgan fingerprint density at radius 3 is 2.00 bits per heavy atom. The van der Waals surface area contributed by atoms with Gasteiger partial charge in [-0.1, -0.05) is 0 Å². The molecule has 2 nitrogen and oxygen atoms in total. The number of rotatable bonds is 1. The number of nitrogens with one attached hydrogen (secondary N) is 1. The number of hydroxylamine groups is 1. The van der Waals surface area contributed by atoms with E-state index in [9.17, 15) is 0 Å². The molecule has 0 spiro atoms. The van der Waals surface area contributed by atoms with Gasteiger partial charge in [0.2, 0.25) is 0 Å². The second-order valence-corrected chi connectivity index (χ2v) is 0.408. The second-order valence-electron chi connectivity index (χ2n) is 0.408. The zero-order valence-corrected chi connectivity index (χ0v) is 6.46. The van der Waals surface area contributed by atoms with E-state index in [2.05, 4.69) is 19.7 Å². The summed E-state index contributed by atoms with van der Waals surface area (Å²) < 4.78 is 0. The topological polar surface area (TPSA) is 32.3 Å². The molecule has 0 aliphatic heterocycles. The van der Waals surface area contributed by atoms with Gasteiger partial charge in [-0.25, -0.2) is 5.48 Å². The molecule has 0 heterocycles. The molecule has 0 fully saturated rings. The monoisotopic (exact) mass is 242 g/mol. The van der Waals surface area contributed by atoms with Crippen LogP contribution in [0.3, 0.4) is 0 Å². The van der Waals surface area contributed by atoms with Gasteiger partial charge in [-0.2, -0.15) is 0 Å². The van der Waals surface area contributed by atoms with E-state index in [1.165, 1.54) is 0 Å². The van der Waals surface area contributed by atoms with E-state index in [1.54, 1.807) is 0 Å². The number of hydrogen-bond acceptors (Lipinski definition) is 2. The summed E-state index contributed by atoms with van der Waals surface area (Å²) in [6.07, 6.45) is 0. The van der Waals surface area contributed by atoms with Crippen molar-refractivity contribution in [3.8, 4) is 0 Å². The molecule has 0 unspecified atom stereocenters. The summed E-state index contributed by atoms with van der Waals surface area (Å²) in [6.45, 7) is 3.62. The van der Waals surface area contributed by atoms with Crippen molar-refractivity contribution in [2.75, 3.05) is 6.54 Å². The summed E-state index contributed by atoms with van der Waals surface area (Å²) in [5.74, 6) is 0. The van der Waals surface area contributed by atoms with Gasteiger partial charge in [0.15, 0.2) is 0 Å². The molecule has 0 radical (unpaired) electrons. The van der Waals surface area contributed by atoms with Crippen molar-refractivity contribution in [3.63, 3.8) is 0 Å².